The van der Waals surface area contributed by atoms with Crippen LogP contribution in [-0.4, -0.2) is 65.7 Å². The molecular formula is C12H23N3O2. The molecule has 0 unspecified atom stereocenters. The molecule has 0 radical (unpaired) electrons. The molecule has 2 saturated heterocycles. The number of hydrogen-bond donors (Lipinski definition) is 2. The van der Waals surface area contributed by atoms with Crippen molar-refractivity contribution in [3.63, 3.8) is 0 Å². The number of aliphatic hydroxyl groups is 1. The first-order valence-electron chi connectivity index (χ1n) is 6.59. The number of nitrogens with zero attached hydrogens (tertiary/aromatic N) is 2. The zero-order valence-electron chi connectivity index (χ0n) is 10.3. The van der Waals surface area contributed by atoms with Crippen LogP contribution in [0.25, 0.3) is 0 Å². The fraction of sp³-hybridized carbons (Fsp3) is 0.917. The van der Waals surface area contributed by atoms with Gasteiger partial charge in [-0.25, -0.2) is 0 Å². The van der Waals surface area contributed by atoms with Crippen molar-refractivity contribution in [2.75, 3.05) is 32.7 Å². The van der Waals surface area contributed by atoms with Gasteiger partial charge in [0.1, 0.15) is 0 Å². The van der Waals surface area contributed by atoms with E-state index >= 15 is 0 Å². The summed E-state index contributed by atoms with van der Waals surface area (Å²) in [7, 11) is 0. The number of β-amino-alcohol motifs (C(OH)–C–C–N with tert-alkyl or cyclic N) is 1. The maximum absolute atomic E-state index is 12.0. The fourth-order valence-corrected chi connectivity index (χ4v) is 2.58. The fourth-order valence-electron chi connectivity index (χ4n) is 2.58. The lowest BCUT2D eigenvalue weighted by molar-refractivity contribution is -0.135. The van der Waals surface area contributed by atoms with Gasteiger partial charge in [0.25, 0.3) is 0 Å². The highest BCUT2D eigenvalue weighted by Gasteiger charge is 2.24. The van der Waals surface area contributed by atoms with Gasteiger partial charge in [-0.15, -0.1) is 0 Å². The second-order valence-corrected chi connectivity index (χ2v) is 5.25. The van der Waals surface area contributed by atoms with Gasteiger partial charge in [-0.1, -0.05) is 0 Å². The number of carbonyl (C=O) groups excluding carboxylic acids is 1. The molecular weight excluding hydrogens is 218 g/mol. The molecule has 1 atom stereocenters. The van der Waals surface area contributed by atoms with Crippen LogP contribution >= 0.6 is 0 Å². The summed E-state index contributed by atoms with van der Waals surface area (Å²) in [6.45, 7) is 3.63. The van der Waals surface area contributed by atoms with Crippen molar-refractivity contribution in [3.8, 4) is 0 Å². The summed E-state index contributed by atoms with van der Waals surface area (Å²) in [6.07, 6.45) is 3.37. The monoisotopic (exact) mass is 241 g/mol. The molecule has 5 nitrogen and oxygen atoms in total. The Morgan fingerprint density at radius 1 is 1.24 bits per heavy atom. The topological polar surface area (TPSA) is 69.8 Å². The van der Waals surface area contributed by atoms with Crippen molar-refractivity contribution in [1.82, 2.24) is 9.80 Å². The minimum absolute atomic E-state index is 0.152. The minimum atomic E-state index is -0.331. The first-order valence-corrected chi connectivity index (χ1v) is 6.59. The SMILES string of the molecule is NC1CCN(CC(=O)N2CCC[C@H](O)C2)CC1. The quantitative estimate of drug-likeness (QED) is 0.677. The van der Waals surface area contributed by atoms with Crippen LogP contribution in [0.4, 0.5) is 0 Å². The molecule has 0 spiro atoms. The average molecular weight is 241 g/mol. The standard InChI is InChI=1S/C12H23N3O2/c13-10-3-6-14(7-4-10)9-12(17)15-5-1-2-11(16)8-15/h10-11,16H,1-9,13H2/t11-/m0/s1. The smallest absolute Gasteiger partial charge is 0.236 e. The zero-order valence-corrected chi connectivity index (χ0v) is 10.3. The van der Waals surface area contributed by atoms with E-state index in [9.17, 15) is 9.90 Å². The molecule has 2 rings (SSSR count). The third kappa shape index (κ3) is 3.66. The molecule has 0 aromatic heterocycles. The van der Waals surface area contributed by atoms with Crippen LogP contribution in [0.3, 0.4) is 0 Å². The molecule has 1 amide bonds. The predicted octanol–water partition coefficient (Wildman–Crippen LogP) is -0.607. The summed E-state index contributed by atoms with van der Waals surface area (Å²) < 4.78 is 0. The highest BCUT2D eigenvalue weighted by molar-refractivity contribution is 5.78. The summed E-state index contributed by atoms with van der Waals surface area (Å²) in [4.78, 5) is 16.0. The largest absolute Gasteiger partial charge is 0.391 e. The summed E-state index contributed by atoms with van der Waals surface area (Å²) in [5.41, 5.74) is 5.83. The molecule has 17 heavy (non-hydrogen) atoms. The normalized spacial score (nSPS) is 28.4. The third-order valence-electron chi connectivity index (χ3n) is 3.74. The van der Waals surface area contributed by atoms with Crippen LogP contribution in [0.2, 0.25) is 0 Å². The molecule has 0 aromatic rings. The van der Waals surface area contributed by atoms with Crippen LogP contribution in [-0.2, 0) is 4.79 Å². The van der Waals surface area contributed by atoms with Crippen molar-refractivity contribution in [1.29, 1.82) is 0 Å². The van der Waals surface area contributed by atoms with Gasteiger partial charge < -0.3 is 15.7 Å². The molecule has 3 N–H and O–H groups in total. The number of aliphatic hydroxyl groups excluding tert-OH is 1. The van der Waals surface area contributed by atoms with Crippen molar-refractivity contribution in [2.45, 2.75) is 37.8 Å². The highest BCUT2D eigenvalue weighted by Crippen LogP contribution is 2.12. The maximum Gasteiger partial charge on any atom is 0.236 e. The number of likely N-dealkylation sites (tertiary alicyclic amines) is 2. The lowest BCUT2D eigenvalue weighted by Crippen LogP contribution is -2.49. The Kier molecular flexibility index (Phi) is 4.36. The Morgan fingerprint density at radius 2 is 1.94 bits per heavy atom. The van der Waals surface area contributed by atoms with Gasteiger partial charge in [0.05, 0.1) is 12.6 Å². The van der Waals surface area contributed by atoms with E-state index in [-0.39, 0.29) is 12.0 Å². The summed E-state index contributed by atoms with van der Waals surface area (Å²) in [5.74, 6) is 0.152. The third-order valence-corrected chi connectivity index (χ3v) is 3.74. The second-order valence-electron chi connectivity index (χ2n) is 5.25. The summed E-state index contributed by atoms with van der Waals surface area (Å²) in [5, 5.41) is 9.55. The molecule has 98 valence electrons. The second kappa shape index (κ2) is 5.80. The Hall–Kier alpha value is -0.650. The van der Waals surface area contributed by atoms with E-state index in [0.717, 1.165) is 45.3 Å². The molecule has 5 heteroatoms. The van der Waals surface area contributed by atoms with Gasteiger partial charge in [-0.05, 0) is 25.7 Å². The summed E-state index contributed by atoms with van der Waals surface area (Å²) >= 11 is 0. The zero-order chi connectivity index (χ0) is 12.3. The number of carbonyl (C=O) groups is 1. The van der Waals surface area contributed by atoms with Crippen molar-refractivity contribution in [2.24, 2.45) is 5.73 Å². The molecule has 2 aliphatic heterocycles. The number of hydrogen-bond acceptors (Lipinski definition) is 4. The van der Waals surface area contributed by atoms with E-state index < -0.39 is 0 Å². The Labute approximate surface area is 103 Å². The number of piperidine rings is 2. The van der Waals surface area contributed by atoms with E-state index in [1.54, 1.807) is 4.90 Å². The van der Waals surface area contributed by atoms with Gasteiger partial charge in [-0.2, -0.15) is 0 Å². The Bertz CT molecular complexity index is 264. The predicted molar refractivity (Wildman–Crippen MR) is 65.5 cm³/mol. The molecule has 2 aliphatic rings. The van der Waals surface area contributed by atoms with E-state index in [1.165, 1.54) is 0 Å². The van der Waals surface area contributed by atoms with Gasteiger partial charge in [0, 0.05) is 32.2 Å². The first kappa shape index (κ1) is 12.8. The van der Waals surface area contributed by atoms with Crippen molar-refractivity contribution >= 4 is 5.91 Å². The molecule has 2 heterocycles. The number of amides is 1. The lowest BCUT2D eigenvalue weighted by atomic mass is 10.1. The van der Waals surface area contributed by atoms with Crippen LogP contribution in [0.15, 0.2) is 0 Å². The average Bonchev–Trinajstić information content (AvgIpc) is 2.32. The Balaban J connectivity index is 1.76. The highest BCUT2D eigenvalue weighted by atomic mass is 16.3. The molecule has 0 saturated carbocycles. The minimum Gasteiger partial charge on any atom is -0.391 e. The number of rotatable bonds is 2. The van der Waals surface area contributed by atoms with E-state index in [0.29, 0.717) is 19.1 Å². The van der Waals surface area contributed by atoms with Gasteiger partial charge in [0.2, 0.25) is 5.91 Å². The van der Waals surface area contributed by atoms with Crippen molar-refractivity contribution in [3.05, 3.63) is 0 Å². The Morgan fingerprint density at radius 3 is 2.59 bits per heavy atom. The van der Waals surface area contributed by atoms with Crippen LogP contribution in [0.5, 0.6) is 0 Å². The first-order chi connectivity index (χ1) is 8.15. The molecule has 0 aliphatic carbocycles. The lowest BCUT2D eigenvalue weighted by Gasteiger charge is -2.34. The van der Waals surface area contributed by atoms with Crippen LogP contribution in [0, 0.1) is 0 Å². The van der Waals surface area contributed by atoms with E-state index in [2.05, 4.69) is 4.90 Å². The molecule has 0 aromatic carbocycles. The van der Waals surface area contributed by atoms with Crippen molar-refractivity contribution < 1.29 is 9.90 Å². The van der Waals surface area contributed by atoms with Crippen LogP contribution < -0.4 is 5.73 Å². The number of nitrogens with two attached hydrogens (primary N) is 1. The van der Waals surface area contributed by atoms with Gasteiger partial charge in [-0.3, -0.25) is 9.69 Å². The van der Waals surface area contributed by atoms with E-state index in [4.69, 9.17) is 5.73 Å². The van der Waals surface area contributed by atoms with Gasteiger partial charge in [0.15, 0.2) is 0 Å². The van der Waals surface area contributed by atoms with Crippen LogP contribution in [0.1, 0.15) is 25.7 Å². The van der Waals surface area contributed by atoms with Gasteiger partial charge >= 0.3 is 0 Å². The maximum atomic E-state index is 12.0. The summed E-state index contributed by atoms with van der Waals surface area (Å²) in [6, 6.07) is 0.304. The van der Waals surface area contributed by atoms with E-state index in [1.807, 2.05) is 0 Å². The molecule has 0 bridgehead atoms. The molecule has 2 fully saturated rings.